The Morgan fingerprint density at radius 2 is 2.42 bits per heavy atom. The fourth-order valence-electron chi connectivity index (χ4n) is 2.13. The van der Waals surface area contributed by atoms with Gasteiger partial charge in [-0.3, -0.25) is 0 Å². The third-order valence-electron chi connectivity index (χ3n) is 2.80. The molecule has 68 valence electrons. The van der Waals surface area contributed by atoms with Gasteiger partial charge in [-0.15, -0.1) is 0 Å². The van der Waals surface area contributed by atoms with Crippen molar-refractivity contribution in [3.8, 4) is 0 Å². The van der Waals surface area contributed by atoms with Crippen LogP contribution in [0.2, 0.25) is 0 Å². The molecule has 0 bridgehead atoms. The number of amides is 1. The SMILES string of the molecule is COC(=O)N1C[C@@H]2CCN[C@@H]2C1. The first-order chi connectivity index (χ1) is 5.81. The lowest BCUT2D eigenvalue weighted by atomic mass is 10.1. The van der Waals surface area contributed by atoms with E-state index in [0.717, 1.165) is 19.6 Å². The first-order valence-corrected chi connectivity index (χ1v) is 4.37. The fraction of sp³-hybridized carbons (Fsp3) is 0.875. The maximum absolute atomic E-state index is 11.1. The molecule has 4 heteroatoms. The Hall–Kier alpha value is -0.770. The molecule has 0 unspecified atom stereocenters. The third-order valence-corrected chi connectivity index (χ3v) is 2.80. The summed E-state index contributed by atoms with van der Waals surface area (Å²) in [6, 6.07) is 0.518. The van der Waals surface area contributed by atoms with Crippen molar-refractivity contribution in [3.05, 3.63) is 0 Å². The van der Waals surface area contributed by atoms with Crippen molar-refractivity contribution in [2.24, 2.45) is 5.92 Å². The highest BCUT2D eigenvalue weighted by atomic mass is 16.5. The number of hydrogen-bond donors (Lipinski definition) is 1. The van der Waals surface area contributed by atoms with Gasteiger partial charge >= 0.3 is 6.09 Å². The zero-order valence-electron chi connectivity index (χ0n) is 7.25. The lowest BCUT2D eigenvalue weighted by molar-refractivity contribution is 0.130. The molecule has 0 aromatic heterocycles. The van der Waals surface area contributed by atoms with Gasteiger partial charge in [-0.05, 0) is 18.9 Å². The highest BCUT2D eigenvalue weighted by Gasteiger charge is 2.38. The van der Waals surface area contributed by atoms with Crippen LogP contribution < -0.4 is 5.32 Å². The van der Waals surface area contributed by atoms with Gasteiger partial charge < -0.3 is 15.0 Å². The molecule has 2 heterocycles. The van der Waals surface area contributed by atoms with Gasteiger partial charge in [-0.2, -0.15) is 0 Å². The largest absolute Gasteiger partial charge is 0.453 e. The number of carbonyl (C=O) groups is 1. The number of carbonyl (C=O) groups excluding carboxylic acids is 1. The van der Waals surface area contributed by atoms with Crippen molar-refractivity contribution in [2.45, 2.75) is 12.5 Å². The van der Waals surface area contributed by atoms with Crippen LogP contribution in [0.25, 0.3) is 0 Å². The first-order valence-electron chi connectivity index (χ1n) is 4.37. The van der Waals surface area contributed by atoms with Crippen molar-refractivity contribution in [2.75, 3.05) is 26.7 Å². The van der Waals surface area contributed by atoms with Gasteiger partial charge in [0.1, 0.15) is 0 Å². The molecule has 0 aliphatic carbocycles. The molecule has 2 aliphatic rings. The standard InChI is InChI=1S/C8H14N2O2/c1-12-8(11)10-4-6-2-3-9-7(6)5-10/h6-7,9H,2-5H2,1H3/t6-,7+/m0/s1. The predicted octanol–water partition coefficient (Wildman–Crippen LogP) is 0.0465. The van der Waals surface area contributed by atoms with Crippen LogP contribution in [0.1, 0.15) is 6.42 Å². The molecule has 0 saturated carbocycles. The Labute approximate surface area is 71.9 Å². The summed E-state index contributed by atoms with van der Waals surface area (Å²) in [5, 5.41) is 3.38. The number of rotatable bonds is 0. The molecule has 2 aliphatic heterocycles. The Bertz CT molecular complexity index is 183. The molecule has 0 aromatic rings. The first kappa shape index (κ1) is 7.86. The van der Waals surface area contributed by atoms with Gasteiger partial charge in [0.25, 0.3) is 0 Å². The smallest absolute Gasteiger partial charge is 0.409 e. The number of hydrogen-bond acceptors (Lipinski definition) is 3. The quantitative estimate of drug-likeness (QED) is 0.558. The zero-order valence-corrected chi connectivity index (χ0v) is 7.25. The Kier molecular flexibility index (Phi) is 1.92. The van der Waals surface area contributed by atoms with Crippen LogP contribution in [0.3, 0.4) is 0 Å². The van der Waals surface area contributed by atoms with E-state index in [1.54, 1.807) is 4.90 Å². The minimum absolute atomic E-state index is 0.189. The van der Waals surface area contributed by atoms with Crippen LogP contribution in [0, 0.1) is 5.92 Å². The van der Waals surface area contributed by atoms with E-state index in [2.05, 4.69) is 10.1 Å². The van der Waals surface area contributed by atoms with Crippen LogP contribution in [-0.2, 0) is 4.74 Å². The topological polar surface area (TPSA) is 41.6 Å². The molecular formula is C8H14N2O2. The normalized spacial score (nSPS) is 33.6. The van der Waals surface area contributed by atoms with E-state index in [4.69, 9.17) is 0 Å². The summed E-state index contributed by atoms with van der Waals surface area (Å²) in [6.45, 7) is 2.78. The molecule has 0 aromatic carbocycles. The van der Waals surface area contributed by atoms with E-state index in [1.807, 2.05) is 0 Å². The predicted molar refractivity (Wildman–Crippen MR) is 43.9 cm³/mol. The fourth-order valence-corrected chi connectivity index (χ4v) is 2.13. The maximum atomic E-state index is 11.1. The highest BCUT2D eigenvalue weighted by Crippen LogP contribution is 2.24. The van der Waals surface area contributed by atoms with E-state index in [9.17, 15) is 4.79 Å². The summed E-state index contributed by atoms with van der Waals surface area (Å²) in [4.78, 5) is 12.9. The summed E-state index contributed by atoms with van der Waals surface area (Å²) in [7, 11) is 1.43. The lowest BCUT2D eigenvalue weighted by Gasteiger charge is -2.14. The van der Waals surface area contributed by atoms with E-state index in [1.165, 1.54) is 13.5 Å². The molecule has 2 atom stereocenters. The van der Waals surface area contributed by atoms with Crippen molar-refractivity contribution in [3.63, 3.8) is 0 Å². The average molecular weight is 170 g/mol. The van der Waals surface area contributed by atoms with Gasteiger partial charge in [0.15, 0.2) is 0 Å². The number of ether oxygens (including phenoxy) is 1. The second-order valence-corrected chi connectivity index (χ2v) is 3.48. The summed E-state index contributed by atoms with van der Waals surface area (Å²) < 4.78 is 4.66. The van der Waals surface area contributed by atoms with Crippen molar-refractivity contribution in [1.29, 1.82) is 0 Å². The number of likely N-dealkylation sites (tertiary alicyclic amines) is 1. The van der Waals surface area contributed by atoms with Gasteiger partial charge in [0.2, 0.25) is 0 Å². The van der Waals surface area contributed by atoms with Gasteiger partial charge in [0, 0.05) is 19.1 Å². The molecule has 4 nitrogen and oxygen atoms in total. The van der Waals surface area contributed by atoms with Crippen molar-refractivity contribution in [1.82, 2.24) is 10.2 Å². The molecule has 2 fully saturated rings. The molecule has 0 spiro atoms. The van der Waals surface area contributed by atoms with E-state index in [-0.39, 0.29) is 6.09 Å². The van der Waals surface area contributed by atoms with E-state index in [0.29, 0.717) is 12.0 Å². The minimum atomic E-state index is -0.189. The molecule has 1 N–H and O–H groups in total. The Balaban J connectivity index is 1.94. The summed E-state index contributed by atoms with van der Waals surface area (Å²) >= 11 is 0. The van der Waals surface area contributed by atoms with Crippen LogP contribution in [0.4, 0.5) is 4.79 Å². The van der Waals surface area contributed by atoms with Crippen LogP contribution in [-0.4, -0.2) is 43.8 Å². The molecular weight excluding hydrogens is 156 g/mol. The molecule has 2 rings (SSSR count). The Morgan fingerprint density at radius 1 is 1.58 bits per heavy atom. The molecule has 0 radical (unpaired) electrons. The Morgan fingerprint density at radius 3 is 3.08 bits per heavy atom. The van der Waals surface area contributed by atoms with Crippen molar-refractivity contribution >= 4 is 6.09 Å². The van der Waals surface area contributed by atoms with Gasteiger partial charge in [-0.1, -0.05) is 0 Å². The summed E-state index contributed by atoms with van der Waals surface area (Å²) in [5.41, 5.74) is 0. The summed E-state index contributed by atoms with van der Waals surface area (Å²) in [6.07, 6.45) is 1.00. The number of nitrogens with zero attached hydrogens (tertiary/aromatic N) is 1. The average Bonchev–Trinajstić information content (AvgIpc) is 2.60. The number of nitrogens with one attached hydrogen (secondary N) is 1. The number of methoxy groups -OCH3 is 1. The lowest BCUT2D eigenvalue weighted by Crippen LogP contribution is -2.33. The van der Waals surface area contributed by atoms with Crippen LogP contribution in [0.5, 0.6) is 0 Å². The zero-order chi connectivity index (χ0) is 8.55. The van der Waals surface area contributed by atoms with Crippen molar-refractivity contribution < 1.29 is 9.53 Å². The molecule has 1 amide bonds. The van der Waals surface area contributed by atoms with Gasteiger partial charge in [-0.25, -0.2) is 4.79 Å². The molecule has 12 heavy (non-hydrogen) atoms. The third kappa shape index (κ3) is 1.16. The second kappa shape index (κ2) is 2.94. The minimum Gasteiger partial charge on any atom is -0.453 e. The van der Waals surface area contributed by atoms with E-state index >= 15 is 0 Å². The monoisotopic (exact) mass is 170 g/mol. The second-order valence-electron chi connectivity index (χ2n) is 3.48. The maximum Gasteiger partial charge on any atom is 0.409 e. The summed E-state index contributed by atoms with van der Waals surface area (Å²) in [5.74, 6) is 0.657. The van der Waals surface area contributed by atoms with Gasteiger partial charge in [0.05, 0.1) is 7.11 Å². The van der Waals surface area contributed by atoms with Crippen LogP contribution in [0.15, 0.2) is 0 Å². The van der Waals surface area contributed by atoms with Crippen LogP contribution >= 0.6 is 0 Å². The highest BCUT2D eigenvalue weighted by molar-refractivity contribution is 5.68. The molecule has 2 saturated heterocycles. The number of fused-ring (bicyclic) bond motifs is 1. The van der Waals surface area contributed by atoms with E-state index < -0.39 is 0 Å².